The number of hydrogen-bond donors (Lipinski definition) is 1. The summed E-state index contributed by atoms with van der Waals surface area (Å²) in [6.07, 6.45) is 0. The summed E-state index contributed by atoms with van der Waals surface area (Å²) in [5, 5.41) is 18.2. The van der Waals surface area contributed by atoms with Crippen molar-refractivity contribution in [1.29, 1.82) is 5.26 Å². The third-order valence-corrected chi connectivity index (χ3v) is 4.44. The van der Waals surface area contributed by atoms with Crippen LogP contribution >= 0.6 is 23.2 Å². The third-order valence-electron chi connectivity index (χ3n) is 4.01. The Morgan fingerprint density at radius 2 is 1.64 bits per heavy atom. The van der Waals surface area contributed by atoms with Crippen molar-refractivity contribution in [1.82, 2.24) is 10.2 Å². The van der Waals surface area contributed by atoms with Crippen molar-refractivity contribution in [3.63, 3.8) is 0 Å². The van der Waals surface area contributed by atoms with Gasteiger partial charge in [0, 0.05) is 21.5 Å². The zero-order valence-electron chi connectivity index (χ0n) is 14.4. The summed E-state index contributed by atoms with van der Waals surface area (Å²) in [6, 6.07) is 19.7. The zero-order chi connectivity index (χ0) is 19.5. The molecule has 0 fully saturated rings. The second-order valence-electron chi connectivity index (χ2n) is 6.02. The number of aromatic amines is 1. The molecule has 0 unspecified atom stereocenters. The molecular formula is C21H13Cl2N3O2. The Labute approximate surface area is 171 Å². The summed E-state index contributed by atoms with van der Waals surface area (Å²) in [5.41, 5.74) is 2.16. The monoisotopic (exact) mass is 409 g/mol. The van der Waals surface area contributed by atoms with Gasteiger partial charge in [-0.1, -0.05) is 41.4 Å². The highest BCUT2D eigenvalue weighted by atomic mass is 35.5. The number of nitriles is 1. The standard InChI is InChI=1S/C21H13Cl2N3O2/c22-14-5-13(11-24)6-17(8-14)28-18-9-15(23)7-16(10-18)27-12-21-19-3-1-2-4-20(19)25-26-21/h1-10H,12H2,(H,25,26). The van der Waals surface area contributed by atoms with Gasteiger partial charge >= 0.3 is 0 Å². The number of halogens is 2. The topological polar surface area (TPSA) is 70.9 Å². The van der Waals surface area contributed by atoms with Crippen molar-refractivity contribution in [3.05, 3.63) is 82.0 Å². The van der Waals surface area contributed by atoms with E-state index in [0.717, 1.165) is 16.6 Å². The lowest BCUT2D eigenvalue weighted by molar-refractivity contribution is 0.301. The molecular weight excluding hydrogens is 397 g/mol. The number of nitrogens with zero attached hydrogens (tertiary/aromatic N) is 2. The molecule has 28 heavy (non-hydrogen) atoms. The molecule has 0 aliphatic rings. The Kier molecular flexibility index (Phi) is 5.07. The fraction of sp³-hybridized carbons (Fsp3) is 0.0476. The molecule has 0 amide bonds. The average molecular weight is 410 g/mol. The van der Waals surface area contributed by atoms with Crippen LogP contribution in [0.4, 0.5) is 0 Å². The van der Waals surface area contributed by atoms with Crippen LogP contribution in [0.2, 0.25) is 10.0 Å². The second kappa shape index (κ2) is 7.81. The molecule has 0 saturated carbocycles. The highest BCUT2D eigenvalue weighted by molar-refractivity contribution is 6.31. The summed E-state index contributed by atoms with van der Waals surface area (Å²) >= 11 is 12.2. The van der Waals surface area contributed by atoms with Crippen LogP contribution < -0.4 is 9.47 Å². The van der Waals surface area contributed by atoms with E-state index in [2.05, 4.69) is 10.2 Å². The molecule has 0 atom stereocenters. The van der Waals surface area contributed by atoms with E-state index in [-0.39, 0.29) is 6.61 Å². The summed E-state index contributed by atoms with van der Waals surface area (Å²) in [6.45, 7) is 0.277. The number of rotatable bonds is 5. The average Bonchev–Trinajstić information content (AvgIpc) is 3.08. The first kappa shape index (κ1) is 18.2. The first-order chi connectivity index (χ1) is 13.6. The van der Waals surface area contributed by atoms with Crippen LogP contribution in [0.1, 0.15) is 11.3 Å². The maximum atomic E-state index is 9.06. The van der Waals surface area contributed by atoms with Crippen LogP contribution in [-0.4, -0.2) is 10.2 Å². The fourth-order valence-corrected chi connectivity index (χ4v) is 3.22. The van der Waals surface area contributed by atoms with Crippen molar-refractivity contribution in [2.45, 2.75) is 6.61 Å². The second-order valence-corrected chi connectivity index (χ2v) is 6.89. The first-order valence-electron chi connectivity index (χ1n) is 8.34. The minimum atomic E-state index is 0.277. The Hall–Kier alpha value is -3.20. The van der Waals surface area contributed by atoms with Crippen LogP contribution in [-0.2, 0) is 6.61 Å². The smallest absolute Gasteiger partial charge is 0.133 e. The molecule has 7 heteroatoms. The molecule has 5 nitrogen and oxygen atoms in total. The van der Waals surface area contributed by atoms with E-state index in [1.165, 1.54) is 0 Å². The molecule has 138 valence electrons. The number of H-pyrrole nitrogens is 1. The van der Waals surface area contributed by atoms with E-state index in [9.17, 15) is 0 Å². The van der Waals surface area contributed by atoms with E-state index in [1.807, 2.05) is 30.3 Å². The Morgan fingerprint density at radius 3 is 2.46 bits per heavy atom. The zero-order valence-corrected chi connectivity index (χ0v) is 16.0. The van der Waals surface area contributed by atoms with Crippen molar-refractivity contribution in [3.8, 4) is 23.3 Å². The predicted molar refractivity (Wildman–Crippen MR) is 108 cm³/mol. The minimum absolute atomic E-state index is 0.277. The first-order valence-corrected chi connectivity index (χ1v) is 9.10. The predicted octanol–water partition coefficient (Wildman–Crippen LogP) is 6.11. The Bertz CT molecular complexity index is 1200. The number of nitrogens with one attached hydrogen (secondary N) is 1. The molecule has 1 N–H and O–H groups in total. The summed E-state index contributed by atoms with van der Waals surface area (Å²) in [7, 11) is 0. The van der Waals surface area contributed by atoms with Crippen molar-refractivity contribution < 1.29 is 9.47 Å². The van der Waals surface area contributed by atoms with Crippen molar-refractivity contribution in [2.24, 2.45) is 0 Å². The molecule has 4 rings (SSSR count). The van der Waals surface area contributed by atoms with E-state index < -0.39 is 0 Å². The molecule has 3 aromatic carbocycles. The molecule has 0 aliphatic carbocycles. The SMILES string of the molecule is N#Cc1cc(Cl)cc(Oc2cc(Cl)cc(OCc3n[nH]c4ccccc34)c2)c1. The van der Waals surface area contributed by atoms with E-state index in [0.29, 0.717) is 32.9 Å². The molecule has 1 aromatic heterocycles. The van der Waals surface area contributed by atoms with Gasteiger partial charge in [-0.25, -0.2) is 0 Å². The molecule has 0 spiro atoms. The van der Waals surface area contributed by atoms with Gasteiger partial charge in [-0.3, -0.25) is 5.10 Å². The van der Waals surface area contributed by atoms with Gasteiger partial charge in [-0.05, 0) is 36.4 Å². The van der Waals surface area contributed by atoms with Gasteiger partial charge < -0.3 is 9.47 Å². The number of para-hydroxylation sites is 1. The maximum absolute atomic E-state index is 9.06. The summed E-state index contributed by atoms with van der Waals surface area (Å²) in [4.78, 5) is 0. The lowest BCUT2D eigenvalue weighted by Crippen LogP contribution is -1.97. The van der Waals surface area contributed by atoms with E-state index >= 15 is 0 Å². The lowest BCUT2D eigenvalue weighted by atomic mass is 10.2. The highest BCUT2D eigenvalue weighted by Crippen LogP contribution is 2.32. The van der Waals surface area contributed by atoms with Gasteiger partial charge in [0.05, 0.1) is 17.1 Å². The summed E-state index contributed by atoms with van der Waals surface area (Å²) < 4.78 is 11.7. The number of hydrogen-bond acceptors (Lipinski definition) is 4. The Morgan fingerprint density at radius 1 is 0.929 bits per heavy atom. The number of fused-ring (bicyclic) bond motifs is 1. The van der Waals surface area contributed by atoms with E-state index in [1.54, 1.807) is 36.4 Å². The van der Waals surface area contributed by atoms with Crippen LogP contribution in [0.3, 0.4) is 0 Å². The maximum Gasteiger partial charge on any atom is 0.133 e. The molecule has 4 aromatic rings. The fourth-order valence-electron chi connectivity index (χ4n) is 2.78. The third kappa shape index (κ3) is 4.04. The largest absolute Gasteiger partial charge is 0.487 e. The number of benzene rings is 3. The van der Waals surface area contributed by atoms with Gasteiger partial charge in [0.15, 0.2) is 0 Å². The molecule has 0 saturated heterocycles. The number of ether oxygens (including phenoxy) is 2. The normalized spacial score (nSPS) is 10.6. The number of aromatic nitrogens is 2. The van der Waals surface area contributed by atoms with Crippen LogP contribution in [0.15, 0.2) is 60.7 Å². The van der Waals surface area contributed by atoms with Gasteiger partial charge in [0.2, 0.25) is 0 Å². The van der Waals surface area contributed by atoms with Gasteiger partial charge in [0.1, 0.15) is 29.5 Å². The molecule has 0 radical (unpaired) electrons. The van der Waals surface area contributed by atoms with Crippen molar-refractivity contribution in [2.75, 3.05) is 0 Å². The van der Waals surface area contributed by atoms with Gasteiger partial charge in [0.25, 0.3) is 0 Å². The highest BCUT2D eigenvalue weighted by Gasteiger charge is 2.09. The van der Waals surface area contributed by atoms with E-state index in [4.69, 9.17) is 37.9 Å². The minimum Gasteiger partial charge on any atom is -0.487 e. The molecule has 1 heterocycles. The molecule has 0 aliphatic heterocycles. The quantitative estimate of drug-likeness (QED) is 0.431. The Balaban J connectivity index is 1.54. The van der Waals surface area contributed by atoms with Crippen LogP contribution in [0, 0.1) is 11.3 Å². The van der Waals surface area contributed by atoms with Crippen LogP contribution in [0.25, 0.3) is 10.9 Å². The van der Waals surface area contributed by atoms with Crippen molar-refractivity contribution >= 4 is 34.1 Å². The summed E-state index contributed by atoms with van der Waals surface area (Å²) in [5.74, 6) is 1.45. The lowest BCUT2D eigenvalue weighted by Gasteiger charge is -2.10. The van der Waals surface area contributed by atoms with Gasteiger partial charge in [-0.15, -0.1) is 0 Å². The van der Waals surface area contributed by atoms with Gasteiger partial charge in [-0.2, -0.15) is 10.4 Å². The van der Waals surface area contributed by atoms with Crippen LogP contribution in [0.5, 0.6) is 17.2 Å². The molecule has 0 bridgehead atoms.